The summed E-state index contributed by atoms with van der Waals surface area (Å²) in [5.41, 5.74) is 0. The number of methoxy groups -OCH3 is 1. The van der Waals surface area contributed by atoms with Crippen molar-refractivity contribution in [2.75, 3.05) is 20.2 Å². The molecular formula is C15H21NO3. The zero-order valence-corrected chi connectivity index (χ0v) is 11.6. The highest BCUT2D eigenvalue weighted by Gasteiger charge is 2.23. The first-order valence-corrected chi connectivity index (χ1v) is 6.80. The lowest BCUT2D eigenvalue weighted by molar-refractivity contribution is -0.138. The number of amides is 1. The van der Waals surface area contributed by atoms with E-state index >= 15 is 0 Å². The van der Waals surface area contributed by atoms with E-state index in [0.717, 1.165) is 31.7 Å². The molecule has 4 nitrogen and oxygen atoms in total. The van der Waals surface area contributed by atoms with Gasteiger partial charge < -0.3 is 14.4 Å². The first-order valence-electron chi connectivity index (χ1n) is 6.80. The Labute approximate surface area is 114 Å². The van der Waals surface area contributed by atoms with Gasteiger partial charge in [-0.05, 0) is 38.3 Å². The maximum absolute atomic E-state index is 12.2. The van der Waals surface area contributed by atoms with E-state index in [0.29, 0.717) is 5.75 Å². The summed E-state index contributed by atoms with van der Waals surface area (Å²) in [5, 5.41) is 0. The molecule has 1 fully saturated rings. The van der Waals surface area contributed by atoms with Crippen LogP contribution in [0.1, 0.15) is 26.2 Å². The number of hydrogen-bond donors (Lipinski definition) is 0. The summed E-state index contributed by atoms with van der Waals surface area (Å²) in [6.45, 7) is 3.51. The van der Waals surface area contributed by atoms with Crippen LogP contribution in [-0.4, -0.2) is 37.1 Å². The minimum atomic E-state index is -0.454. The largest absolute Gasteiger partial charge is 0.497 e. The van der Waals surface area contributed by atoms with E-state index in [2.05, 4.69) is 0 Å². The first kappa shape index (κ1) is 13.7. The first-order chi connectivity index (χ1) is 9.20. The van der Waals surface area contributed by atoms with E-state index in [1.54, 1.807) is 20.1 Å². The highest BCUT2D eigenvalue weighted by atomic mass is 16.5. The number of hydrogen-bond acceptors (Lipinski definition) is 3. The molecule has 1 heterocycles. The van der Waals surface area contributed by atoms with Gasteiger partial charge in [-0.3, -0.25) is 4.79 Å². The fourth-order valence-electron chi connectivity index (χ4n) is 2.30. The Morgan fingerprint density at radius 1 is 1.21 bits per heavy atom. The van der Waals surface area contributed by atoms with Gasteiger partial charge in [0.15, 0.2) is 6.10 Å². The number of benzene rings is 1. The Balaban J connectivity index is 1.95. The number of likely N-dealkylation sites (tertiary alicyclic amines) is 1. The Kier molecular flexibility index (Phi) is 4.66. The highest BCUT2D eigenvalue weighted by molar-refractivity contribution is 5.81. The van der Waals surface area contributed by atoms with E-state index in [-0.39, 0.29) is 5.91 Å². The predicted octanol–water partition coefficient (Wildman–Crippen LogP) is 2.48. The average molecular weight is 263 g/mol. The molecule has 2 rings (SSSR count). The molecule has 0 N–H and O–H groups in total. The quantitative estimate of drug-likeness (QED) is 0.837. The van der Waals surface area contributed by atoms with E-state index in [9.17, 15) is 4.79 Å². The number of piperidine rings is 1. The number of carbonyl (C=O) groups is 1. The lowest BCUT2D eigenvalue weighted by atomic mass is 10.1. The molecule has 0 unspecified atom stereocenters. The molecule has 19 heavy (non-hydrogen) atoms. The van der Waals surface area contributed by atoms with Crippen molar-refractivity contribution in [1.29, 1.82) is 0 Å². The Hall–Kier alpha value is -1.71. The van der Waals surface area contributed by atoms with Crippen LogP contribution in [0.5, 0.6) is 11.5 Å². The number of ether oxygens (including phenoxy) is 2. The predicted molar refractivity (Wildman–Crippen MR) is 73.5 cm³/mol. The molecule has 1 amide bonds. The molecule has 1 aromatic carbocycles. The highest BCUT2D eigenvalue weighted by Crippen LogP contribution is 2.21. The standard InChI is InChI=1S/C15H21NO3/c1-12(15(17)16-9-4-3-5-10-16)19-14-8-6-7-13(11-14)18-2/h6-8,11-12H,3-5,9-10H2,1-2H3/t12-/m0/s1. The maximum Gasteiger partial charge on any atom is 0.263 e. The molecule has 0 bridgehead atoms. The second-order valence-electron chi connectivity index (χ2n) is 4.83. The van der Waals surface area contributed by atoms with Crippen molar-refractivity contribution in [3.63, 3.8) is 0 Å². The minimum absolute atomic E-state index is 0.0718. The second kappa shape index (κ2) is 6.45. The topological polar surface area (TPSA) is 38.8 Å². The van der Waals surface area contributed by atoms with Crippen molar-refractivity contribution in [3.8, 4) is 11.5 Å². The number of carbonyl (C=O) groups excluding carboxylic acids is 1. The SMILES string of the molecule is COc1cccc(O[C@@H](C)C(=O)N2CCCCC2)c1. The Morgan fingerprint density at radius 3 is 2.58 bits per heavy atom. The fourth-order valence-corrected chi connectivity index (χ4v) is 2.30. The summed E-state index contributed by atoms with van der Waals surface area (Å²) in [4.78, 5) is 14.1. The van der Waals surface area contributed by atoms with Gasteiger partial charge in [0.25, 0.3) is 5.91 Å². The van der Waals surface area contributed by atoms with Crippen LogP contribution in [0.25, 0.3) is 0 Å². The van der Waals surface area contributed by atoms with Crippen LogP contribution < -0.4 is 9.47 Å². The summed E-state index contributed by atoms with van der Waals surface area (Å²) in [5.74, 6) is 1.47. The Bertz CT molecular complexity index is 427. The van der Waals surface area contributed by atoms with Gasteiger partial charge in [-0.25, -0.2) is 0 Å². The molecule has 1 aliphatic rings. The molecule has 1 atom stereocenters. The molecule has 0 radical (unpaired) electrons. The molecule has 1 aromatic rings. The molecule has 104 valence electrons. The summed E-state index contributed by atoms with van der Waals surface area (Å²) in [7, 11) is 1.61. The third-order valence-electron chi connectivity index (χ3n) is 3.37. The number of rotatable bonds is 4. The van der Waals surface area contributed by atoms with Gasteiger partial charge in [-0.15, -0.1) is 0 Å². The van der Waals surface area contributed by atoms with Crippen molar-refractivity contribution in [3.05, 3.63) is 24.3 Å². The van der Waals surface area contributed by atoms with Crippen LogP contribution in [0, 0.1) is 0 Å². The lowest BCUT2D eigenvalue weighted by Gasteiger charge is -2.29. The van der Waals surface area contributed by atoms with Crippen LogP contribution in [0.3, 0.4) is 0 Å². The maximum atomic E-state index is 12.2. The van der Waals surface area contributed by atoms with Crippen LogP contribution in [0.4, 0.5) is 0 Å². The molecule has 0 aliphatic carbocycles. The molecule has 1 saturated heterocycles. The minimum Gasteiger partial charge on any atom is -0.497 e. The second-order valence-corrected chi connectivity index (χ2v) is 4.83. The average Bonchev–Trinajstić information content (AvgIpc) is 2.47. The molecule has 1 aliphatic heterocycles. The van der Waals surface area contributed by atoms with Crippen molar-refractivity contribution < 1.29 is 14.3 Å². The van der Waals surface area contributed by atoms with Gasteiger partial charge >= 0.3 is 0 Å². The fraction of sp³-hybridized carbons (Fsp3) is 0.533. The van der Waals surface area contributed by atoms with Crippen LogP contribution in [-0.2, 0) is 4.79 Å². The lowest BCUT2D eigenvalue weighted by Crippen LogP contribution is -2.43. The normalized spacial score (nSPS) is 16.8. The van der Waals surface area contributed by atoms with Crippen molar-refractivity contribution >= 4 is 5.91 Å². The molecule has 0 spiro atoms. The van der Waals surface area contributed by atoms with Gasteiger partial charge in [0.2, 0.25) is 0 Å². The van der Waals surface area contributed by atoms with Gasteiger partial charge in [0.05, 0.1) is 7.11 Å². The summed E-state index contributed by atoms with van der Waals surface area (Å²) < 4.78 is 10.8. The van der Waals surface area contributed by atoms with Gasteiger partial charge in [-0.2, -0.15) is 0 Å². The third-order valence-corrected chi connectivity index (χ3v) is 3.37. The molecule has 0 aromatic heterocycles. The summed E-state index contributed by atoms with van der Waals surface area (Å²) >= 11 is 0. The zero-order valence-electron chi connectivity index (χ0n) is 11.6. The van der Waals surface area contributed by atoms with Gasteiger partial charge in [-0.1, -0.05) is 6.07 Å². The van der Waals surface area contributed by atoms with Gasteiger partial charge in [0.1, 0.15) is 11.5 Å². The van der Waals surface area contributed by atoms with Gasteiger partial charge in [0, 0.05) is 19.2 Å². The monoisotopic (exact) mass is 263 g/mol. The molecular weight excluding hydrogens is 242 g/mol. The molecule has 0 saturated carbocycles. The van der Waals surface area contributed by atoms with Crippen LogP contribution >= 0.6 is 0 Å². The molecule has 4 heteroatoms. The zero-order chi connectivity index (χ0) is 13.7. The van der Waals surface area contributed by atoms with Crippen LogP contribution in [0.2, 0.25) is 0 Å². The number of nitrogens with zero attached hydrogens (tertiary/aromatic N) is 1. The van der Waals surface area contributed by atoms with E-state index in [1.165, 1.54) is 6.42 Å². The third kappa shape index (κ3) is 3.63. The van der Waals surface area contributed by atoms with E-state index in [4.69, 9.17) is 9.47 Å². The van der Waals surface area contributed by atoms with Crippen molar-refractivity contribution in [1.82, 2.24) is 4.90 Å². The van der Waals surface area contributed by atoms with Crippen molar-refractivity contribution in [2.45, 2.75) is 32.3 Å². The Morgan fingerprint density at radius 2 is 1.89 bits per heavy atom. The van der Waals surface area contributed by atoms with E-state index < -0.39 is 6.10 Å². The summed E-state index contributed by atoms with van der Waals surface area (Å²) in [6, 6.07) is 7.33. The van der Waals surface area contributed by atoms with Crippen LogP contribution in [0.15, 0.2) is 24.3 Å². The van der Waals surface area contributed by atoms with Crippen molar-refractivity contribution in [2.24, 2.45) is 0 Å². The smallest absolute Gasteiger partial charge is 0.263 e. The van der Waals surface area contributed by atoms with E-state index in [1.807, 2.05) is 23.1 Å². The summed E-state index contributed by atoms with van der Waals surface area (Å²) in [6.07, 6.45) is 2.95.